The Labute approximate surface area is 143 Å². The molecule has 0 bridgehead atoms. The van der Waals surface area contributed by atoms with Crippen LogP contribution in [0.1, 0.15) is 33.3 Å². The minimum absolute atomic E-state index is 0.221. The fraction of sp³-hybridized carbons (Fsp3) is 0.368. The van der Waals surface area contributed by atoms with Crippen molar-refractivity contribution in [1.29, 1.82) is 0 Å². The predicted molar refractivity (Wildman–Crippen MR) is 95.9 cm³/mol. The summed E-state index contributed by atoms with van der Waals surface area (Å²) < 4.78 is 25.1. The van der Waals surface area contributed by atoms with E-state index in [9.17, 15) is 4.39 Å². The van der Waals surface area contributed by atoms with E-state index in [0.29, 0.717) is 6.54 Å². The van der Waals surface area contributed by atoms with Crippen molar-refractivity contribution in [3.63, 3.8) is 0 Å². The van der Waals surface area contributed by atoms with Crippen molar-refractivity contribution in [3.8, 4) is 0 Å². The molecule has 0 aromatic heterocycles. The van der Waals surface area contributed by atoms with Crippen molar-refractivity contribution in [2.45, 2.75) is 45.4 Å². The third-order valence-corrected chi connectivity index (χ3v) is 4.82. The smallest absolute Gasteiger partial charge is 0.399 e. The first-order chi connectivity index (χ1) is 11.3. The molecule has 0 atom stereocenters. The lowest BCUT2D eigenvalue weighted by atomic mass is 9.79. The number of nitrogens with one attached hydrogen (secondary N) is 1. The standard InChI is InChI=1S/C19H23BFNO2/c1-18(2)19(3,4)24-20(23-18)15-6-5-7-17(12-15)22-13-14-8-10-16(21)11-9-14/h5-12,22H,13H2,1-4H3. The molecule has 1 aliphatic rings. The second-order valence-corrected chi connectivity index (χ2v) is 7.19. The van der Waals surface area contributed by atoms with Crippen LogP contribution in [0.25, 0.3) is 0 Å². The van der Waals surface area contributed by atoms with E-state index in [-0.39, 0.29) is 24.1 Å². The Balaban J connectivity index is 1.70. The first kappa shape index (κ1) is 17.0. The van der Waals surface area contributed by atoms with Gasteiger partial charge in [-0.2, -0.15) is 0 Å². The first-order valence-corrected chi connectivity index (χ1v) is 8.21. The summed E-state index contributed by atoms with van der Waals surface area (Å²) in [6, 6.07) is 14.5. The molecule has 1 heterocycles. The molecule has 0 unspecified atom stereocenters. The van der Waals surface area contributed by atoms with Crippen LogP contribution < -0.4 is 10.8 Å². The maximum absolute atomic E-state index is 13.0. The van der Waals surface area contributed by atoms with Crippen LogP contribution in [0, 0.1) is 5.82 Å². The van der Waals surface area contributed by atoms with Crippen molar-refractivity contribution in [2.75, 3.05) is 5.32 Å². The molecule has 1 N–H and O–H groups in total. The van der Waals surface area contributed by atoms with Crippen LogP contribution in [0.2, 0.25) is 0 Å². The van der Waals surface area contributed by atoms with Crippen molar-refractivity contribution in [1.82, 2.24) is 0 Å². The highest BCUT2D eigenvalue weighted by Gasteiger charge is 2.51. The van der Waals surface area contributed by atoms with Gasteiger partial charge in [0.2, 0.25) is 0 Å². The van der Waals surface area contributed by atoms with Crippen molar-refractivity contribution in [2.24, 2.45) is 0 Å². The Hall–Kier alpha value is -1.85. The monoisotopic (exact) mass is 327 g/mol. The average molecular weight is 327 g/mol. The fourth-order valence-electron chi connectivity index (χ4n) is 2.58. The van der Waals surface area contributed by atoms with Gasteiger partial charge in [0.15, 0.2) is 0 Å². The lowest BCUT2D eigenvalue weighted by Crippen LogP contribution is -2.41. The Morgan fingerprint density at radius 2 is 1.58 bits per heavy atom. The van der Waals surface area contributed by atoms with Crippen molar-refractivity contribution in [3.05, 3.63) is 59.9 Å². The fourth-order valence-corrected chi connectivity index (χ4v) is 2.58. The highest BCUT2D eigenvalue weighted by atomic mass is 19.1. The van der Waals surface area contributed by atoms with E-state index in [1.807, 2.05) is 52.0 Å². The third-order valence-electron chi connectivity index (χ3n) is 4.82. The molecule has 2 aromatic carbocycles. The quantitative estimate of drug-likeness (QED) is 0.868. The van der Waals surface area contributed by atoms with Crippen LogP contribution in [0.15, 0.2) is 48.5 Å². The van der Waals surface area contributed by atoms with Gasteiger partial charge in [0, 0.05) is 12.2 Å². The lowest BCUT2D eigenvalue weighted by molar-refractivity contribution is 0.00578. The summed E-state index contributed by atoms with van der Waals surface area (Å²) in [6.45, 7) is 8.81. The maximum atomic E-state index is 13.0. The van der Waals surface area contributed by atoms with E-state index in [2.05, 4.69) is 5.32 Å². The SMILES string of the molecule is CC1(C)OB(c2cccc(NCc3ccc(F)cc3)c2)OC1(C)C. The molecule has 1 aliphatic heterocycles. The number of rotatable bonds is 4. The zero-order valence-corrected chi connectivity index (χ0v) is 14.6. The van der Waals surface area contributed by atoms with E-state index in [1.165, 1.54) is 12.1 Å². The largest absolute Gasteiger partial charge is 0.494 e. The number of benzene rings is 2. The summed E-state index contributed by atoms with van der Waals surface area (Å²) in [5.41, 5.74) is 2.28. The van der Waals surface area contributed by atoms with Gasteiger partial charge in [-0.3, -0.25) is 0 Å². The van der Waals surface area contributed by atoms with Crippen molar-refractivity contribution < 1.29 is 13.7 Å². The summed E-state index contributed by atoms with van der Waals surface area (Å²) in [6.07, 6.45) is 0. The second kappa shape index (κ2) is 6.23. The van der Waals surface area contributed by atoms with Crippen molar-refractivity contribution >= 4 is 18.3 Å². The molecule has 126 valence electrons. The highest BCUT2D eigenvalue weighted by molar-refractivity contribution is 6.62. The van der Waals surface area contributed by atoms with E-state index in [0.717, 1.165) is 16.7 Å². The van der Waals surface area contributed by atoms with E-state index < -0.39 is 0 Å². The molecule has 5 heteroatoms. The molecule has 24 heavy (non-hydrogen) atoms. The zero-order chi connectivity index (χ0) is 17.4. The summed E-state index contributed by atoms with van der Waals surface area (Å²) in [7, 11) is -0.373. The molecule has 0 saturated carbocycles. The Kier molecular flexibility index (Phi) is 4.41. The van der Waals surface area contributed by atoms with E-state index in [1.54, 1.807) is 12.1 Å². The molecule has 3 rings (SSSR count). The number of hydrogen-bond donors (Lipinski definition) is 1. The highest BCUT2D eigenvalue weighted by Crippen LogP contribution is 2.36. The van der Waals surface area contributed by atoms with Crippen LogP contribution in [0.5, 0.6) is 0 Å². The number of anilines is 1. The van der Waals surface area contributed by atoms with Crippen LogP contribution in [0.3, 0.4) is 0 Å². The van der Waals surface area contributed by atoms with Gasteiger partial charge < -0.3 is 14.6 Å². The maximum Gasteiger partial charge on any atom is 0.494 e. The summed E-state index contributed by atoms with van der Waals surface area (Å²) in [5, 5.41) is 3.35. The Bertz CT molecular complexity index is 700. The van der Waals surface area contributed by atoms with Gasteiger partial charge in [0.1, 0.15) is 5.82 Å². The van der Waals surface area contributed by atoms with Gasteiger partial charge in [0.25, 0.3) is 0 Å². The summed E-state index contributed by atoms with van der Waals surface area (Å²) in [5.74, 6) is -0.221. The molecule has 3 nitrogen and oxygen atoms in total. The molecule has 0 spiro atoms. The van der Waals surface area contributed by atoms with Gasteiger partial charge >= 0.3 is 7.12 Å². The third kappa shape index (κ3) is 3.47. The van der Waals surface area contributed by atoms with Gasteiger partial charge in [-0.05, 0) is 63.0 Å². The van der Waals surface area contributed by atoms with Gasteiger partial charge in [-0.15, -0.1) is 0 Å². The molecule has 1 fully saturated rings. The predicted octanol–water partition coefficient (Wildman–Crippen LogP) is 3.74. The molecule has 0 amide bonds. The second-order valence-electron chi connectivity index (χ2n) is 7.19. The summed E-state index contributed by atoms with van der Waals surface area (Å²) >= 11 is 0. The van der Waals surface area contributed by atoms with Gasteiger partial charge in [0.05, 0.1) is 11.2 Å². The zero-order valence-electron chi connectivity index (χ0n) is 14.6. The lowest BCUT2D eigenvalue weighted by Gasteiger charge is -2.32. The van der Waals surface area contributed by atoms with Crippen LogP contribution in [-0.2, 0) is 15.9 Å². The van der Waals surface area contributed by atoms with Crippen LogP contribution in [0.4, 0.5) is 10.1 Å². The minimum Gasteiger partial charge on any atom is -0.399 e. The molecular weight excluding hydrogens is 304 g/mol. The number of hydrogen-bond acceptors (Lipinski definition) is 3. The average Bonchev–Trinajstić information content (AvgIpc) is 2.75. The molecule has 2 aromatic rings. The van der Waals surface area contributed by atoms with Crippen LogP contribution >= 0.6 is 0 Å². The van der Waals surface area contributed by atoms with E-state index in [4.69, 9.17) is 9.31 Å². The van der Waals surface area contributed by atoms with E-state index >= 15 is 0 Å². The molecule has 0 aliphatic carbocycles. The molecule has 1 saturated heterocycles. The van der Waals surface area contributed by atoms with Gasteiger partial charge in [-0.25, -0.2) is 4.39 Å². The minimum atomic E-state index is -0.373. The molecular formula is C19H23BFNO2. The number of halogens is 1. The van der Waals surface area contributed by atoms with Crippen LogP contribution in [-0.4, -0.2) is 18.3 Å². The Morgan fingerprint density at radius 1 is 0.958 bits per heavy atom. The first-order valence-electron chi connectivity index (χ1n) is 8.21. The molecule has 0 radical (unpaired) electrons. The normalized spacial score (nSPS) is 18.6. The van der Waals surface area contributed by atoms with Gasteiger partial charge in [-0.1, -0.05) is 24.3 Å². The summed E-state index contributed by atoms with van der Waals surface area (Å²) in [4.78, 5) is 0. The Morgan fingerprint density at radius 3 is 2.21 bits per heavy atom. The topological polar surface area (TPSA) is 30.5 Å².